The van der Waals surface area contributed by atoms with Crippen molar-refractivity contribution in [2.45, 2.75) is 30.7 Å². The fourth-order valence-electron chi connectivity index (χ4n) is 3.66. The lowest BCUT2D eigenvalue weighted by Crippen LogP contribution is -2.52. The Kier molecular flexibility index (Phi) is 3.76. The smallest absolute Gasteiger partial charge is 0.107 e. The molecule has 1 aliphatic heterocycles. The van der Waals surface area contributed by atoms with Crippen LogP contribution in [-0.4, -0.2) is 22.4 Å². The second kappa shape index (κ2) is 5.43. The van der Waals surface area contributed by atoms with Crippen molar-refractivity contribution in [1.29, 1.82) is 0 Å². The summed E-state index contributed by atoms with van der Waals surface area (Å²) in [6.45, 7) is 0.739. The van der Waals surface area contributed by atoms with Crippen molar-refractivity contribution in [3.8, 4) is 0 Å². The summed E-state index contributed by atoms with van der Waals surface area (Å²) in [6.07, 6.45) is -1.59. The lowest BCUT2D eigenvalue weighted by molar-refractivity contribution is -0.0203. The zero-order valence-corrected chi connectivity index (χ0v) is 12.3. The van der Waals surface area contributed by atoms with E-state index in [4.69, 9.17) is 0 Å². The Balaban J connectivity index is 0.00000132. The number of aliphatic hydroxyl groups is 2. The maximum Gasteiger partial charge on any atom is 0.107 e. The molecule has 4 heteroatoms. The van der Waals surface area contributed by atoms with Crippen molar-refractivity contribution < 1.29 is 10.2 Å². The summed E-state index contributed by atoms with van der Waals surface area (Å²) in [5, 5.41) is 24.1. The molecule has 0 spiro atoms. The highest BCUT2D eigenvalue weighted by atomic mass is 35.5. The van der Waals surface area contributed by atoms with Gasteiger partial charge in [-0.15, -0.1) is 12.4 Å². The first-order chi connectivity index (χ1) is 9.77. The van der Waals surface area contributed by atoms with Gasteiger partial charge in [-0.2, -0.15) is 0 Å². The number of hydrogen-bond donors (Lipinski definition) is 3. The average Bonchev–Trinajstić information content (AvgIpc) is 2.51. The molecule has 2 aliphatic rings. The highest BCUT2D eigenvalue weighted by molar-refractivity contribution is 5.85. The third-order valence-corrected chi connectivity index (χ3v) is 4.62. The number of aliphatic hydroxyl groups excluding tert-OH is 2. The van der Waals surface area contributed by atoms with Crippen LogP contribution < -0.4 is 5.32 Å². The van der Waals surface area contributed by atoms with E-state index in [0.717, 1.165) is 17.7 Å². The van der Waals surface area contributed by atoms with Gasteiger partial charge in [-0.1, -0.05) is 48.5 Å². The normalized spacial score (nSPS) is 29.6. The highest BCUT2D eigenvalue weighted by Gasteiger charge is 2.43. The van der Waals surface area contributed by atoms with Gasteiger partial charge < -0.3 is 15.5 Å². The monoisotopic (exact) mass is 303 g/mol. The van der Waals surface area contributed by atoms with Crippen LogP contribution in [0, 0.1) is 0 Å². The second-order valence-corrected chi connectivity index (χ2v) is 5.65. The minimum atomic E-state index is -0.815. The molecule has 0 bridgehead atoms. The van der Waals surface area contributed by atoms with Crippen molar-refractivity contribution in [1.82, 2.24) is 5.32 Å². The average molecular weight is 304 g/mol. The van der Waals surface area contributed by atoms with Crippen LogP contribution in [-0.2, 0) is 6.54 Å². The number of fused-ring (bicyclic) bond motifs is 5. The Hall–Kier alpha value is -1.39. The molecule has 4 atom stereocenters. The number of benzene rings is 2. The van der Waals surface area contributed by atoms with Gasteiger partial charge in [0.25, 0.3) is 0 Å². The number of rotatable bonds is 0. The van der Waals surface area contributed by atoms with Crippen molar-refractivity contribution in [3.05, 3.63) is 70.8 Å². The Morgan fingerprint density at radius 3 is 2.24 bits per heavy atom. The first kappa shape index (κ1) is 14.5. The van der Waals surface area contributed by atoms with Gasteiger partial charge in [-0.3, -0.25) is 0 Å². The summed E-state index contributed by atoms with van der Waals surface area (Å²) in [7, 11) is 0. The van der Waals surface area contributed by atoms with Crippen LogP contribution in [0.4, 0.5) is 0 Å². The maximum absolute atomic E-state index is 10.4. The molecule has 4 rings (SSSR count). The van der Waals surface area contributed by atoms with Gasteiger partial charge in [0.1, 0.15) is 12.2 Å². The summed E-state index contributed by atoms with van der Waals surface area (Å²) >= 11 is 0. The molecule has 0 saturated carbocycles. The molecule has 3 nitrogen and oxygen atoms in total. The molecule has 0 radical (unpaired) electrons. The fourth-order valence-corrected chi connectivity index (χ4v) is 3.66. The molecule has 0 aromatic heterocycles. The zero-order valence-electron chi connectivity index (χ0n) is 11.4. The number of hydrogen-bond acceptors (Lipinski definition) is 3. The number of halogens is 1. The molecular weight excluding hydrogens is 286 g/mol. The molecule has 2 aromatic carbocycles. The van der Waals surface area contributed by atoms with Crippen LogP contribution in [0.25, 0.3) is 0 Å². The maximum atomic E-state index is 10.4. The van der Waals surface area contributed by atoms with E-state index in [-0.39, 0.29) is 24.4 Å². The van der Waals surface area contributed by atoms with E-state index in [0.29, 0.717) is 0 Å². The molecule has 1 heterocycles. The lowest BCUT2D eigenvalue weighted by Gasteiger charge is -2.44. The van der Waals surface area contributed by atoms with Crippen LogP contribution in [0.2, 0.25) is 0 Å². The SMILES string of the molecule is Cl.OC1c2ccccc2C2c3ccccc3CNC2C1O. The van der Waals surface area contributed by atoms with E-state index in [9.17, 15) is 10.2 Å². The Morgan fingerprint density at radius 2 is 1.48 bits per heavy atom. The Bertz CT molecular complexity index is 661. The largest absolute Gasteiger partial charge is 0.388 e. The minimum Gasteiger partial charge on any atom is -0.388 e. The summed E-state index contributed by atoms with van der Waals surface area (Å²) in [4.78, 5) is 0. The van der Waals surface area contributed by atoms with Crippen LogP contribution >= 0.6 is 12.4 Å². The summed E-state index contributed by atoms with van der Waals surface area (Å²) in [6, 6.07) is 16.1. The quantitative estimate of drug-likeness (QED) is 0.699. The van der Waals surface area contributed by atoms with E-state index < -0.39 is 12.2 Å². The zero-order chi connectivity index (χ0) is 13.7. The van der Waals surface area contributed by atoms with Crippen molar-refractivity contribution in [3.63, 3.8) is 0 Å². The van der Waals surface area contributed by atoms with Crippen molar-refractivity contribution in [2.24, 2.45) is 0 Å². The topological polar surface area (TPSA) is 52.5 Å². The lowest BCUT2D eigenvalue weighted by atomic mass is 9.70. The molecule has 3 N–H and O–H groups in total. The first-order valence-electron chi connectivity index (χ1n) is 7.03. The van der Waals surface area contributed by atoms with E-state index >= 15 is 0 Å². The van der Waals surface area contributed by atoms with Gasteiger partial charge in [0.15, 0.2) is 0 Å². The summed E-state index contributed by atoms with van der Waals surface area (Å²) in [5.41, 5.74) is 4.50. The van der Waals surface area contributed by atoms with Gasteiger partial charge in [0, 0.05) is 18.5 Å². The van der Waals surface area contributed by atoms with E-state index in [1.54, 1.807) is 0 Å². The van der Waals surface area contributed by atoms with Gasteiger partial charge in [0.05, 0.1) is 0 Å². The van der Waals surface area contributed by atoms with Crippen LogP contribution in [0.15, 0.2) is 48.5 Å². The number of nitrogens with one attached hydrogen (secondary N) is 1. The minimum absolute atomic E-state index is 0. The third-order valence-electron chi connectivity index (χ3n) is 4.62. The van der Waals surface area contributed by atoms with E-state index in [1.165, 1.54) is 11.1 Å². The molecular formula is C17H18ClNO2. The van der Waals surface area contributed by atoms with Gasteiger partial charge in [-0.25, -0.2) is 0 Å². The molecule has 1 aliphatic carbocycles. The van der Waals surface area contributed by atoms with Crippen LogP contribution in [0.5, 0.6) is 0 Å². The fraction of sp³-hybridized carbons (Fsp3) is 0.294. The van der Waals surface area contributed by atoms with Crippen LogP contribution in [0.3, 0.4) is 0 Å². The van der Waals surface area contributed by atoms with Crippen molar-refractivity contribution >= 4 is 12.4 Å². The molecule has 110 valence electrons. The van der Waals surface area contributed by atoms with Gasteiger partial charge in [-0.05, 0) is 22.3 Å². The summed E-state index contributed by atoms with van der Waals surface area (Å²) in [5.74, 6) is 0.106. The Morgan fingerprint density at radius 1 is 0.857 bits per heavy atom. The van der Waals surface area contributed by atoms with Crippen molar-refractivity contribution in [2.75, 3.05) is 0 Å². The molecule has 21 heavy (non-hydrogen) atoms. The second-order valence-electron chi connectivity index (χ2n) is 5.65. The predicted molar refractivity (Wildman–Crippen MR) is 83.6 cm³/mol. The molecule has 2 aromatic rings. The van der Waals surface area contributed by atoms with Crippen LogP contribution in [0.1, 0.15) is 34.3 Å². The van der Waals surface area contributed by atoms with E-state index in [1.807, 2.05) is 30.3 Å². The summed E-state index contributed by atoms with van der Waals surface area (Å²) < 4.78 is 0. The van der Waals surface area contributed by atoms with E-state index in [2.05, 4.69) is 23.5 Å². The highest BCUT2D eigenvalue weighted by Crippen LogP contribution is 2.44. The standard InChI is InChI=1S/C17H17NO2.ClH/c19-16-13-8-4-3-7-12(13)14-11-6-2-1-5-10(11)9-18-15(14)17(16)20;/h1-8,14-20H,9H2;1H. The van der Waals surface area contributed by atoms with Gasteiger partial charge >= 0.3 is 0 Å². The third kappa shape index (κ3) is 2.09. The molecule has 4 unspecified atom stereocenters. The predicted octanol–water partition coefficient (Wildman–Crippen LogP) is 2.12. The molecule has 0 amide bonds. The van der Waals surface area contributed by atoms with Gasteiger partial charge in [0.2, 0.25) is 0 Å². The Labute approximate surface area is 130 Å². The molecule has 0 saturated heterocycles. The first-order valence-corrected chi connectivity index (χ1v) is 7.03. The molecule has 0 fully saturated rings.